The normalized spacial score (nSPS) is 25.4. The van der Waals surface area contributed by atoms with Crippen molar-refractivity contribution in [1.29, 1.82) is 0 Å². The molecule has 0 aliphatic carbocycles. The fourth-order valence-electron chi connectivity index (χ4n) is 1.94. The SMILES string of the molecule is CC(C)(C)OC(=O)C1(C[N+](=O)[O-])CCCCN1. The summed E-state index contributed by atoms with van der Waals surface area (Å²) in [4.78, 5) is 22.3. The molecule has 1 N–H and O–H groups in total. The number of nitro groups is 1. The number of hydrogen-bond donors (Lipinski definition) is 1. The molecule has 0 bridgehead atoms. The minimum absolute atomic E-state index is 0.415. The van der Waals surface area contributed by atoms with E-state index in [0.717, 1.165) is 12.8 Å². The first-order valence-corrected chi connectivity index (χ1v) is 5.85. The summed E-state index contributed by atoms with van der Waals surface area (Å²) in [6, 6.07) is 0. The lowest BCUT2D eigenvalue weighted by molar-refractivity contribution is -0.489. The average Bonchev–Trinajstić information content (AvgIpc) is 2.15. The first-order chi connectivity index (χ1) is 7.75. The zero-order valence-electron chi connectivity index (χ0n) is 10.6. The van der Waals surface area contributed by atoms with Gasteiger partial charge in [-0.2, -0.15) is 0 Å². The van der Waals surface area contributed by atoms with Gasteiger partial charge in [0.2, 0.25) is 6.54 Å². The van der Waals surface area contributed by atoms with Gasteiger partial charge in [-0.1, -0.05) is 0 Å². The van der Waals surface area contributed by atoms with Crippen LogP contribution in [-0.2, 0) is 9.53 Å². The van der Waals surface area contributed by atoms with Crippen molar-refractivity contribution in [2.75, 3.05) is 13.1 Å². The van der Waals surface area contributed by atoms with E-state index in [2.05, 4.69) is 5.32 Å². The van der Waals surface area contributed by atoms with Crippen molar-refractivity contribution in [3.63, 3.8) is 0 Å². The van der Waals surface area contributed by atoms with E-state index in [9.17, 15) is 14.9 Å². The van der Waals surface area contributed by atoms with Gasteiger partial charge in [-0.3, -0.25) is 15.4 Å². The molecule has 0 saturated carbocycles. The Hall–Kier alpha value is -1.17. The molecular weight excluding hydrogens is 224 g/mol. The fourth-order valence-corrected chi connectivity index (χ4v) is 1.94. The summed E-state index contributed by atoms with van der Waals surface area (Å²) in [5, 5.41) is 13.7. The molecule has 1 rings (SSSR count). The lowest BCUT2D eigenvalue weighted by Crippen LogP contribution is -2.60. The van der Waals surface area contributed by atoms with Crippen LogP contribution in [0.25, 0.3) is 0 Å². The van der Waals surface area contributed by atoms with E-state index in [1.165, 1.54) is 0 Å². The van der Waals surface area contributed by atoms with Gasteiger partial charge < -0.3 is 4.74 Å². The molecule has 1 fully saturated rings. The van der Waals surface area contributed by atoms with Crippen molar-refractivity contribution in [1.82, 2.24) is 5.32 Å². The lowest BCUT2D eigenvalue weighted by atomic mass is 9.88. The predicted octanol–water partition coefficient (Wildman–Crippen LogP) is 1.12. The maximum Gasteiger partial charge on any atom is 0.333 e. The monoisotopic (exact) mass is 244 g/mol. The standard InChI is InChI=1S/C11H20N2O4/c1-10(2,3)17-9(14)11(8-13(15)16)6-4-5-7-12-11/h12H,4-8H2,1-3H3. The smallest absolute Gasteiger partial charge is 0.333 e. The van der Waals surface area contributed by atoms with E-state index >= 15 is 0 Å². The lowest BCUT2D eigenvalue weighted by Gasteiger charge is -2.35. The number of carbonyl (C=O) groups excluding carboxylic acids is 1. The molecule has 1 aliphatic rings. The van der Waals surface area contributed by atoms with Gasteiger partial charge in [-0.15, -0.1) is 0 Å². The summed E-state index contributed by atoms with van der Waals surface area (Å²) in [5.74, 6) is -0.513. The summed E-state index contributed by atoms with van der Waals surface area (Å²) >= 11 is 0. The van der Waals surface area contributed by atoms with Gasteiger partial charge in [0.15, 0.2) is 5.54 Å². The highest BCUT2D eigenvalue weighted by atomic mass is 16.6. The van der Waals surface area contributed by atoms with E-state index < -0.39 is 28.6 Å². The fraction of sp³-hybridized carbons (Fsp3) is 0.909. The van der Waals surface area contributed by atoms with Crippen LogP contribution < -0.4 is 5.32 Å². The first-order valence-electron chi connectivity index (χ1n) is 5.85. The Bertz CT molecular complexity index is 303. The van der Waals surface area contributed by atoms with E-state index in [1.54, 1.807) is 20.8 Å². The molecule has 0 radical (unpaired) electrons. The number of piperidine rings is 1. The van der Waals surface area contributed by atoms with Gasteiger partial charge >= 0.3 is 5.97 Å². The zero-order chi connectivity index (χ0) is 13.1. The van der Waals surface area contributed by atoms with Crippen molar-refractivity contribution in [2.45, 2.75) is 51.2 Å². The van der Waals surface area contributed by atoms with Gasteiger partial charge in [0.05, 0.1) is 0 Å². The largest absolute Gasteiger partial charge is 0.458 e. The average molecular weight is 244 g/mol. The van der Waals surface area contributed by atoms with Gasteiger partial charge in [0, 0.05) is 4.92 Å². The Morgan fingerprint density at radius 1 is 1.47 bits per heavy atom. The molecule has 6 heteroatoms. The molecule has 17 heavy (non-hydrogen) atoms. The number of nitrogens with one attached hydrogen (secondary N) is 1. The molecule has 0 aromatic heterocycles. The highest BCUT2D eigenvalue weighted by Crippen LogP contribution is 2.23. The minimum atomic E-state index is -1.14. The van der Waals surface area contributed by atoms with Crippen LogP contribution in [0.3, 0.4) is 0 Å². The molecule has 1 heterocycles. The van der Waals surface area contributed by atoms with E-state index in [1.807, 2.05) is 0 Å². The van der Waals surface area contributed by atoms with Crippen molar-refractivity contribution in [3.05, 3.63) is 10.1 Å². The second-order valence-corrected chi connectivity index (χ2v) is 5.46. The van der Waals surface area contributed by atoms with Crippen LogP contribution in [-0.4, -0.2) is 35.1 Å². The van der Waals surface area contributed by atoms with Crippen molar-refractivity contribution >= 4 is 5.97 Å². The second kappa shape index (κ2) is 5.00. The molecule has 1 saturated heterocycles. The Labute approximate surface area is 101 Å². The van der Waals surface area contributed by atoms with Crippen LogP contribution in [0.1, 0.15) is 40.0 Å². The number of rotatable bonds is 3. The number of hydrogen-bond acceptors (Lipinski definition) is 5. The third-order valence-electron chi connectivity index (χ3n) is 2.68. The highest BCUT2D eigenvalue weighted by molar-refractivity contribution is 5.81. The van der Waals surface area contributed by atoms with Crippen LogP contribution in [0.5, 0.6) is 0 Å². The maximum atomic E-state index is 12.1. The number of nitrogens with zero attached hydrogens (tertiary/aromatic N) is 1. The first kappa shape index (κ1) is 13.9. The van der Waals surface area contributed by atoms with Crippen molar-refractivity contribution in [3.8, 4) is 0 Å². The van der Waals surface area contributed by atoms with E-state index in [4.69, 9.17) is 4.74 Å². The number of carbonyl (C=O) groups is 1. The summed E-state index contributed by atoms with van der Waals surface area (Å²) in [6.45, 7) is 5.48. The maximum absolute atomic E-state index is 12.1. The van der Waals surface area contributed by atoms with Crippen LogP contribution in [0.15, 0.2) is 0 Å². The number of esters is 1. The molecule has 0 spiro atoms. The van der Waals surface area contributed by atoms with Gasteiger partial charge in [-0.05, 0) is 46.6 Å². The summed E-state index contributed by atoms with van der Waals surface area (Å²) in [6.07, 6.45) is 2.20. The summed E-state index contributed by atoms with van der Waals surface area (Å²) < 4.78 is 5.28. The zero-order valence-corrected chi connectivity index (χ0v) is 10.6. The Morgan fingerprint density at radius 3 is 2.53 bits per heavy atom. The van der Waals surface area contributed by atoms with E-state index in [0.29, 0.717) is 13.0 Å². The quantitative estimate of drug-likeness (QED) is 0.457. The van der Waals surface area contributed by atoms with Crippen LogP contribution in [0, 0.1) is 10.1 Å². The molecule has 0 amide bonds. The van der Waals surface area contributed by atoms with E-state index in [-0.39, 0.29) is 0 Å². The van der Waals surface area contributed by atoms with Gasteiger partial charge in [0.1, 0.15) is 5.60 Å². The van der Waals surface area contributed by atoms with Gasteiger partial charge in [-0.25, -0.2) is 4.79 Å². The van der Waals surface area contributed by atoms with Crippen LogP contribution in [0.4, 0.5) is 0 Å². The third-order valence-corrected chi connectivity index (χ3v) is 2.68. The molecule has 0 aromatic carbocycles. The molecule has 1 unspecified atom stereocenters. The third kappa shape index (κ3) is 3.96. The predicted molar refractivity (Wildman–Crippen MR) is 62.3 cm³/mol. The van der Waals surface area contributed by atoms with Crippen LogP contribution in [0.2, 0.25) is 0 Å². The molecular formula is C11H20N2O4. The molecule has 6 nitrogen and oxygen atoms in total. The molecule has 98 valence electrons. The minimum Gasteiger partial charge on any atom is -0.458 e. The Balaban J connectivity index is 2.81. The summed E-state index contributed by atoms with van der Waals surface area (Å²) in [5.41, 5.74) is -1.77. The van der Waals surface area contributed by atoms with Gasteiger partial charge in [0.25, 0.3) is 0 Å². The Morgan fingerprint density at radius 2 is 2.12 bits per heavy atom. The molecule has 1 aliphatic heterocycles. The summed E-state index contributed by atoms with van der Waals surface area (Å²) in [7, 11) is 0. The highest BCUT2D eigenvalue weighted by Gasteiger charge is 2.46. The van der Waals surface area contributed by atoms with Crippen LogP contribution >= 0.6 is 0 Å². The number of ether oxygens (including phenoxy) is 1. The van der Waals surface area contributed by atoms with Crippen molar-refractivity contribution < 1.29 is 14.5 Å². The molecule has 1 atom stereocenters. The topological polar surface area (TPSA) is 81.5 Å². The molecule has 0 aromatic rings. The second-order valence-electron chi connectivity index (χ2n) is 5.46. The Kier molecular flexibility index (Phi) is 4.08. The van der Waals surface area contributed by atoms with Crippen molar-refractivity contribution in [2.24, 2.45) is 0 Å².